The quantitative estimate of drug-likeness (QED) is 0.796. The highest BCUT2D eigenvalue weighted by molar-refractivity contribution is 7.89. The van der Waals surface area contributed by atoms with E-state index < -0.39 is 28.4 Å². The molecule has 90 valence electrons. The van der Waals surface area contributed by atoms with Gasteiger partial charge in [0.2, 0.25) is 0 Å². The van der Waals surface area contributed by atoms with Gasteiger partial charge in [-0.15, -0.1) is 0 Å². The highest BCUT2D eigenvalue weighted by Gasteiger charge is 2.37. The van der Waals surface area contributed by atoms with E-state index >= 15 is 0 Å². The fraction of sp³-hybridized carbons (Fsp3) is 1.00. The molecule has 15 heavy (non-hydrogen) atoms. The summed E-state index contributed by atoms with van der Waals surface area (Å²) in [6.45, 7) is -0.316. The first-order valence-electron chi connectivity index (χ1n) is 4.90. The van der Waals surface area contributed by atoms with Gasteiger partial charge in [0.15, 0.2) is 0 Å². The van der Waals surface area contributed by atoms with Gasteiger partial charge in [0.25, 0.3) is 10.0 Å². The van der Waals surface area contributed by atoms with Crippen molar-refractivity contribution in [3.8, 4) is 0 Å². The van der Waals surface area contributed by atoms with E-state index in [1.807, 2.05) is 0 Å². The summed E-state index contributed by atoms with van der Waals surface area (Å²) in [6.07, 6.45) is 2.59. The number of hydrogen-bond acceptors (Lipinski definition) is 3. The molecule has 0 aromatic rings. The average Bonchev–Trinajstić information content (AvgIpc) is 2.41. The van der Waals surface area contributed by atoms with E-state index in [2.05, 4.69) is 0 Å². The van der Waals surface area contributed by atoms with Crippen LogP contribution in [-0.2, 0) is 10.0 Å². The summed E-state index contributed by atoms with van der Waals surface area (Å²) in [5.74, 6) is -3.40. The van der Waals surface area contributed by atoms with Crippen LogP contribution in [0.3, 0.4) is 0 Å². The number of hydrogen-bond donors (Lipinski definition) is 1. The van der Waals surface area contributed by atoms with Crippen molar-refractivity contribution in [1.82, 2.24) is 4.31 Å². The molecule has 1 rings (SSSR count). The van der Waals surface area contributed by atoms with Gasteiger partial charge in [-0.25, -0.2) is 8.42 Å². The number of sulfonamides is 1. The van der Waals surface area contributed by atoms with Gasteiger partial charge in [-0.05, 0) is 12.8 Å². The largest absolute Gasteiger partial charge is 0.395 e. The monoisotopic (exact) mass is 243 g/mol. The molecule has 7 heteroatoms. The first-order chi connectivity index (χ1) is 7.00. The van der Waals surface area contributed by atoms with Gasteiger partial charge in [0.05, 0.1) is 6.61 Å². The Morgan fingerprint density at radius 1 is 1.33 bits per heavy atom. The number of aliphatic hydroxyl groups excluding tert-OH is 1. The molecule has 0 saturated carbocycles. The van der Waals surface area contributed by atoms with Crippen molar-refractivity contribution >= 4 is 10.0 Å². The predicted molar refractivity (Wildman–Crippen MR) is 51.0 cm³/mol. The lowest BCUT2D eigenvalue weighted by Crippen LogP contribution is -2.44. The number of aliphatic hydroxyl groups is 1. The summed E-state index contributed by atoms with van der Waals surface area (Å²) in [4.78, 5) is 0. The Labute approximate surface area is 87.9 Å². The van der Waals surface area contributed by atoms with Crippen molar-refractivity contribution in [1.29, 1.82) is 0 Å². The van der Waals surface area contributed by atoms with Gasteiger partial charge in [0.1, 0.15) is 0 Å². The molecule has 1 aliphatic rings. The first-order valence-corrected chi connectivity index (χ1v) is 6.40. The molecule has 1 heterocycles. The normalized spacial score (nSPS) is 25.5. The van der Waals surface area contributed by atoms with E-state index in [1.165, 1.54) is 0 Å². The molecule has 0 radical (unpaired) electrons. The number of nitrogens with zero attached hydrogens (tertiary/aromatic N) is 1. The van der Waals surface area contributed by atoms with E-state index in [-0.39, 0.29) is 6.54 Å². The van der Waals surface area contributed by atoms with E-state index in [1.54, 1.807) is 0 Å². The molecule has 1 aliphatic heterocycles. The van der Waals surface area contributed by atoms with E-state index in [4.69, 9.17) is 5.11 Å². The van der Waals surface area contributed by atoms with Gasteiger partial charge >= 0.3 is 5.76 Å². The zero-order valence-electron chi connectivity index (χ0n) is 8.27. The van der Waals surface area contributed by atoms with Crippen molar-refractivity contribution in [3.63, 3.8) is 0 Å². The molecule has 1 N–H and O–H groups in total. The second kappa shape index (κ2) is 5.18. The lowest BCUT2D eigenvalue weighted by atomic mass is 10.1. The maximum atomic E-state index is 12.3. The van der Waals surface area contributed by atoms with Gasteiger partial charge in [-0.2, -0.15) is 13.1 Å². The molecule has 0 spiro atoms. The minimum atomic E-state index is -4.54. The number of rotatable bonds is 3. The zero-order valence-corrected chi connectivity index (χ0v) is 9.09. The molecule has 0 aromatic carbocycles. The number of halogens is 2. The average molecular weight is 243 g/mol. The van der Waals surface area contributed by atoms with Gasteiger partial charge < -0.3 is 5.11 Å². The third-order valence-electron chi connectivity index (χ3n) is 2.59. The highest BCUT2D eigenvalue weighted by Crippen LogP contribution is 2.23. The lowest BCUT2D eigenvalue weighted by Gasteiger charge is -2.26. The molecule has 1 unspecified atom stereocenters. The van der Waals surface area contributed by atoms with Gasteiger partial charge in [-0.3, -0.25) is 0 Å². The van der Waals surface area contributed by atoms with Crippen LogP contribution in [0.15, 0.2) is 0 Å². The molecule has 0 aliphatic carbocycles. The second-order valence-electron chi connectivity index (χ2n) is 3.60. The van der Waals surface area contributed by atoms with E-state index in [0.29, 0.717) is 12.8 Å². The van der Waals surface area contributed by atoms with E-state index in [9.17, 15) is 17.2 Å². The van der Waals surface area contributed by atoms with Crippen LogP contribution in [0.5, 0.6) is 0 Å². The van der Waals surface area contributed by atoms with Crippen molar-refractivity contribution in [2.24, 2.45) is 0 Å². The summed E-state index contributed by atoms with van der Waals surface area (Å²) >= 11 is 0. The Hall–Kier alpha value is -0.270. The Kier molecular flexibility index (Phi) is 4.42. The van der Waals surface area contributed by atoms with Crippen molar-refractivity contribution < 1.29 is 22.3 Å². The molecule has 1 atom stereocenters. The number of alkyl halides is 2. The van der Waals surface area contributed by atoms with Crippen LogP contribution in [0.1, 0.15) is 25.7 Å². The standard InChI is InChI=1S/C8H15F2NO3S/c9-8(10)15(13,14)11-5-3-1-2-4-7(11)6-12/h7-8,12H,1-6H2. The molecule has 0 bridgehead atoms. The molecular formula is C8H15F2NO3S. The van der Waals surface area contributed by atoms with Crippen LogP contribution in [0.4, 0.5) is 8.78 Å². The van der Waals surface area contributed by atoms with Crippen LogP contribution in [0.2, 0.25) is 0 Å². The Bertz CT molecular complexity index is 294. The summed E-state index contributed by atoms with van der Waals surface area (Å²) in [6, 6.07) is -0.688. The molecule has 1 saturated heterocycles. The topological polar surface area (TPSA) is 57.6 Å². The van der Waals surface area contributed by atoms with Gasteiger partial charge in [-0.1, -0.05) is 12.8 Å². The van der Waals surface area contributed by atoms with Crippen LogP contribution in [-0.4, -0.2) is 42.8 Å². The maximum Gasteiger partial charge on any atom is 0.350 e. The summed E-state index contributed by atoms with van der Waals surface area (Å²) in [5.41, 5.74) is 0. The van der Waals surface area contributed by atoms with Crippen LogP contribution >= 0.6 is 0 Å². The van der Waals surface area contributed by atoms with Crippen LogP contribution < -0.4 is 0 Å². The Morgan fingerprint density at radius 2 is 2.00 bits per heavy atom. The molecule has 0 aromatic heterocycles. The van der Waals surface area contributed by atoms with Crippen LogP contribution in [0, 0.1) is 0 Å². The summed E-state index contributed by atoms with van der Waals surface area (Å²) in [7, 11) is -4.54. The Morgan fingerprint density at radius 3 is 2.53 bits per heavy atom. The molecule has 4 nitrogen and oxygen atoms in total. The van der Waals surface area contributed by atoms with E-state index in [0.717, 1.165) is 17.1 Å². The Balaban J connectivity index is 2.88. The van der Waals surface area contributed by atoms with Crippen molar-refractivity contribution in [3.05, 3.63) is 0 Å². The molecular weight excluding hydrogens is 228 g/mol. The highest BCUT2D eigenvalue weighted by atomic mass is 32.2. The molecule has 0 amide bonds. The molecule has 1 fully saturated rings. The van der Waals surface area contributed by atoms with Crippen molar-refractivity contribution in [2.45, 2.75) is 37.5 Å². The minimum absolute atomic E-state index is 0.0813. The second-order valence-corrected chi connectivity index (χ2v) is 5.46. The zero-order chi connectivity index (χ0) is 11.5. The van der Waals surface area contributed by atoms with Gasteiger partial charge in [0, 0.05) is 12.6 Å². The first kappa shape index (κ1) is 12.8. The fourth-order valence-corrected chi connectivity index (χ4v) is 2.95. The minimum Gasteiger partial charge on any atom is -0.395 e. The van der Waals surface area contributed by atoms with Crippen molar-refractivity contribution in [2.75, 3.05) is 13.2 Å². The predicted octanol–water partition coefficient (Wildman–Crippen LogP) is 0.776. The SMILES string of the molecule is O=S(=O)(C(F)F)N1CCCCCC1CO. The van der Waals surface area contributed by atoms with Crippen LogP contribution in [0.25, 0.3) is 0 Å². The summed E-state index contributed by atoms with van der Waals surface area (Å²) < 4.78 is 48.0. The maximum absolute atomic E-state index is 12.3. The lowest BCUT2D eigenvalue weighted by molar-refractivity contribution is 0.167. The summed E-state index contributed by atoms with van der Waals surface area (Å²) in [5, 5.41) is 8.98. The third-order valence-corrected chi connectivity index (χ3v) is 4.17. The third kappa shape index (κ3) is 2.85. The fourth-order valence-electron chi connectivity index (χ4n) is 1.77. The smallest absolute Gasteiger partial charge is 0.350 e.